The highest BCUT2D eigenvalue weighted by Gasteiger charge is 2.16. The molecular weight excluding hydrogens is 416 g/mol. The number of rotatable bonds is 4. The Kier molecular flexibility index (Phi) is 5.45. The van der Waals surface area contributed by atoms with Crippen molar-refractivity contribution in [3.05, 3.63) is 57.8 Å². The number of H-pyrrole nitrogens is 1. The normalized spacial score (nSPS) is 14.0. The summed E-state index contributed by atoms with van der Waals surface area (Å²) in [5.74, 6) is 1.37. The molecular formula is C24H26N8O. The van der Waals surface area contributed by atoms with Crippen molar-refractivity contribution in [1.82, 2.24) is 29.9 Å². The molecule has 1 saturated heterocycles. The third-order valence-corrected chi connectivity index (χ3v) is 5.90. The van der Waals surface area contributed by atoms with Gasteiger partial charge in [-0.3, -0.25) is 15.1 Å². The van der Waals surface area contributed by atoms with Crippen LogP contribution < -0.4 is 15.8 Å². The third-order valence-electron chi connectivity index (χ3n) is 5.90. The Hall–Kier alpha value is -3.88. The van der Waals surface area contributed by atoms with Gasteiger partial charge in [-0.2, -0.15) is 0 Å². The summed E-state index contributed by atoms with van der Waals surface area (Å²) in [6.45, 7) is 7.81. The molecule has 0 aliphatic carbocycles. The number of aromatic amines is 1. The molecule has 9 heteroatoms. The van der Waals surface area contributed by atoms with Gasteiger partial charge in [-0.25, -0.2) is 24.9 Å². The molecule has 168 valence electrons. The molecule has 0 atom stereocenters. The Labute approximate surface area is 191 Å². The molecule has 5 rings (SSSR count). The number of hydrogen-bond acceptors (Lipinski definition) is 8. The topological polar surface area (TPSA) is 113 Å². The maximum absolute atomic E-state index is 12.4. The minimum Gasteiger partial charge on any atom is -0.341 e. The van der Waals surface area contributed by atoms with Gasteiger partial charge in [0, 0.05) is 36.3 Å². The van der Waals surface area contributed by atoms with Gasteiger partial charge in [0.05, 0.1) is 22.6 Å². The molecule has 0 saturated carbocycles. The van der Waals surface area contributed by atoms with Crippen molar-refractivity contribution < 1.29 is 0 Å². The van der Waals surface area contributed by atoms with E-state index in [0.717, 1.165) is 65.3 Å². The summed E-state index contributed by atoms with van der Waals surface area (Å²) < 4.78 is 0. The summed E-state index contributed by atoms with van der Waals surface area (Å²) in [6, 6.07) is 7.51. The number of aryl methyl sites for hydroxylation is 3. The largest absolute Gasteiger partial charge is 0.341 e. The monoisotopic (exact) mass is 442 g/mol. The van der Waals surface area contributed by atoms with Gasteiger partial charge in [0.1, 0.15) is 0 Å². The zero-order valence-corrected chi connectivity index (χ0v) is 19.0. The van der Waals surface area contributed by atoms with Crippen molar-refractivity contribution in [2.24, 2.45) is 0 Å². The van der Waals surface area contributed by atoms with Crippen LogP contribution in [0.2, 0.25) is 0 Å². The molecule has 1 aliphatic heterocycles. The predicted octanol–water partition coefficient (Wildman–Crippen LogP) is 3.83. The van der Waals surface area contributed by atoms with Crippen LogP contribution in [-0.2, 0) is 0 Å². The molecule has 1 aromatic carbocycles. The van der Waals surface area contributed by atoms with E-state index in [1.807, 2.05) is 39.0 Å². The van der Waals surface area contributed by atoms with Crippen molar-refractivity contribution in [2.45, 2.75) is 40.0 Å². The Morgan fingerprint density at radius 3 is 2.55 bits per heavy atom. The first-order chi connectivity index (χ1) is 16.0. The first-order valence-electron chi connectivity index (χ1n) is 11.2. The standard InChI is InChI=1S/C24H26N8O/c1-14-7-8-17-15(2)26-22(28-19(17)11-14)31-23-29-20(12-21(33)30-23)18-13-25-24(27-16(18)3)32-9-5-4-6-10-32/h7-8,11-13H,4-6,9-10H2,1-3H3,(H2,26,28,29,30,31,33). The van der Waals surface area contributed by atoms with Crippen LogP contribution in [0.15, 0.2) is 35.3 Å². The van der Waals surface area contributed by atoms with Gasteiger partial charge in [0.2, 0.25) is 17.8 Å². The van der Waals surface area contributed by atoms with Crippen LogP contribution in [0, 0.1) is 20.8 Å². The van der Waals surface area contributed by atoms with Gasteiger partial charge in [0.25, 0.3) is 5.56 Å². The molecule has 4 aromatic rings. The Morgan fingerprint density at radius 2 is 1.76 bits per heavy atom. The molecule has 9 nitrogen and oxygen atoms in total. The molecule has 0 bridgehead atoms. The number of benzene rings is 1. The van der Waals surface area contributed by atoms with E-state index in [-0.39, 0.29) is 11.5 Å². The lowest BCUT2D eigenvalue weighted by Crippen LogP contribution is -2.31. The van der Waals surface area contributed by atoms with E-state index < -0.39 is 0 Å². The highest BCUT2D eigenvalue weighted by atomic mass is 16.1. The van der Waals surface area contributed by atoms with Crippen molar-refractivity contribution in [3.8, 4) is 11.3 Å². The van der Waals surface area contributed by atoms with Crippen molar-refractivity contribution in [3.63, 3.8) is 0 Å². The molecule has 0 radical (unpaired) electrons. The lowest BCUT2D eigenvalue weighted by atomic mass is 10.1. The maximum Gasteiger partial charge on any atom is 0.252 e. The van der Waals surface area contributed by atoms with Crippen molar-refractivity contribution in [1.29, 1.82) is 0 Å². The van der Waals surface area contributed by atoms with Crippen LogP contribution in [0.1, 0.15) is 36.2 Å². The Morgan fingerprint density at radius 1 is 0.939 bits per heavy atom. The van der Waals surface area contributed by atoms with Crippen molar-refractivity contribution >= 4 is 28.7 Å². The number of fused-ring (bicyclic) bond motifs is 1. The second kappa shape index (κ2) is 8.57. The second-order valence-corrected chi connectivity index (χ2v) is 8.47. The van der Waals surface area contributed by atoms with Crippen LogP contribution >= 0.6 is 0 Å². The Balaban J connectivity index is 1.46. The highest BCUT2D eigenvalue weighted by Crippen LogP contribution is 2.24. The van der Waals surface area contributed by atoms with Crippen LogP contribution in [0.3, 0.4) is 0 Å². The number of nitrogens with zero attached hydrogens (tertiary/aromatic N) is 6. The quantitative estimate of drug-likeness (QED) is 0.490. The van der Waals surface area contributed by atoms with Gasteiger partial charge < -0.3 is 4.90 Å². The average Bonchev–Trinajstić information content (AvgIpc) is 2.79. The predicted molar refractivity (Wildman–Crippen MR) is 129 cm³/mol. The van der Waals surface area contributed by atoms with E-state index in [1.54, 1.807) is 6.20 Å². The van der Waals surface area contributed by atoms with Gasteiger partial charge in [0.15, 0.2) is 0 Å². The van der Waals surface area contributed by atoms with Gasteiger partial charge in [-0.15, -0.1) is 0 Å². The SMILES string of the molecule is Cc1ccc2c(C)nc(Nc3nc(-c4cnc(N5CCCCC5)nc4C)cc(=O)[nH]3)nc2c1. The molecule has 2 N–H and O–H groups in total. The number of nitrogens with one attached hydrogen (secondary N) is 2. The van der Waals surface area contributed by atoms with Gasteiger partial charge in [-0.05, 0) is 51.7 Å². The van der Waals surface area contributed by atoms with E-state index in [0.29, 0.717) is 11.6 Å². The molecule has 0 unspecified atom stereocenters. The van der Waals surface area contributed by atoms with E-state index in [4.69, 9.17) is 0 Å². The minimum absolute atomic E-state index is 0.267. The number of hydrogen-bond donors (Lipinski definition) is 2. The summed E-state index contributed by atoms with van der Waals surface area (Å²) in [7, 11) is 0. The summed E-state index contributed by atoms with van der Waals surface area (Å²) in [4.78, 5) is 40.3. The van der Waals surface area contributed by atoms with Crippen LogP contribution in [-0.4, -0.2) is 43.0 Å². The zero-order valence-electron chi connectivity index (χ0n) is 19.0. The number of anilines is 3. The lowest BCUT2D eigenvalue weighted by molar-refractivity contribution is 0.568. The van der Waals surface area contributed by atoms with E-state index in [9.17, 15) is 4.79 Å². The smallest absolute Gasteiger partial charge is 0.252 e. The zero-order chi connectivity index (χ0) is 22.9. The summed E-state index contributed by atoms with van der Waals surface area (Å²) >= 11 is 0. The number of aromatic nitrogens is 6. The summed E-state index contributed by atoms with van der Waals surface area (Å²) in [5, 5.41) is 4.04. The molecule has 4 heterocycles. The van der Waals surface area contributed by atoms with Crippen LogP contribution in [0.5, 0.6) is 0 Å². The highest BCUT2D eigenvalue weighted by molar-refractivity contribution is 5.82. The number of piperidine rings is 1. The van der Waals surface area contributed by atoms with E-state index >= 15 is 0 Å². The molecule has 0 amide bonds. The van der Waals surface area contributed by atoms with Gasteiger partial charge in [-0.1, -0.05) is 12.1 Å². The third kappa shape index (κ3) is 4.39. The molecule has 3 aromatic heterocycles. The van der Waals surface area contributed by atoms with E-state index in [2.05, 4.69) is 40.1 Å². The summed E-state index contributed by atoms with van der Waals surface area (Å²) in [5.41, 5.74) is 4.51. The molecule has 0 spiro atoms. The first-order valence-corrected chi connectivity index (χ1v) is 11.2. The fourth-order valence-electron chi connectivity index (χ4n) is 4.17. The first kappa shape index (κ1) is 21.0. The average molecular weight is 443 g/mol. The lowest BCUT2D eigenvalue weighted by Gasteiger charge is -2.26. The summed E-state index contributed by atoms with van der Waals surface area (Å²) in [6.07, 6.45) is 5.31. The van der Waals surface area contributed by atoms with Crippen LogP contribution in [0.25, 0.3) is 22.2 Å². The molecule has 33 heavy (non-hydrogen) atoms. The van der Waals surface area contributed by atoms with Crippen molar-refractivity contribution in [2.75, 3.05) is 23.3 Å². The molecule has 1 fully saturated rings. The van der Waals surface area contributed by atoms with Crippen LogP contribution in [0.4, 0.5) is 17.8 Å². The van der Waals surface area contributed by atoms with Gasteiger partial charge >= 0.3 is 0 Å². The fraction of sp³-hybridized carbons (Fsp3) is 0.333. The fourth-order valence-corrected chi connectivity index (χ4v) is 4.17. The minimum atomic E-state index is -0.282. The maximum atomic E-state index is 12.4. The van der Waals surface area contributed by atoms with E-state index in [1.165, 1.54) is 12.5 Å². The molecule has 1 aliphatic rings. The Bertz CT molecular complexity index is 1390. The second-order valence-electron chi connectivity index (χ2n) is 8.47.